The summed E-state index contributed by atoms with van der Waals surface area (Å²) in [5.74, 6) is -0.881. The van der Waals surface area contributed by atoms with Gasteiger partial charge < -0.3 is 9.67 Å². The summed E-state index contributed by atoms with van der Waals surface area (Å²) in [5, 5.41) is 9.24. The minimum absolute atomic E-state index is 0.367. The van der Waals surface area contributed by atoms with E-state index in [1.807, 2.05) is 42.8 Å². The highest BCUT2D eigenvalue weighted by Crippen LogP contribution is 2.22. The third kappa shape index (κ3) is 3.01. The predicted molar refractivity (Wildman–Crippen MR) is 89.6 cm³/mol. The van der Waals surface area contributed by atoms with Gasteiger partial charge in [0.1, 0.15) is 0 Å². The molecule has 2 aromatic heterocycles. The molecule has 3 rings (SSSR count). The monoisotopic (exact) mass is 306 g/mol. The van der Waals surface area contributed by atoms with Crippen molar-refractivity contribution in [1.29, 1.82) is 0 Å². The molecule has 0 aliphatic heterocycles. The largest absolute Gasteiger partial charge is 0.478 e. The van der Waals surface area contributed by atoms with E-state index < -0.39 is 5.97 Å². The number of hydrogen-bond donors (Lipinski definition) is 1. The number of aromatic nitrogens is 2. The number of nitrogens with zero attached hydrogens (tertiary/aromatic N) is 2. The molecule has 0 saturated carbocycles. The Morgan fingerprint density at radius 2 is 1.91 bits per heavy atom. The van der Waals surface area contributed by atoms with Gasteiger partial charge in [0, 0.05) is 30.3 Å². The lowest BCUT2D eigenvalue weighted by Crippen LogP contribution is -2.06. The van der Waals surface area contributed by atoms with Gasteiger partial charge >= 0.3 is 5.97 Å². The maximum absolute atomic E-state index is 11.3. The highest BCUT2D eigenvalue weighted by molar-refractivity contribution is 5.89. The van der Waals surface area contributed by atoms with Gasteiger partial charge in [0.05, 0.1) is 5.56 Å². The number of carboxylic acid groups (broad SMARTS) is 1. The van der Waals surface area contributed by atoms with Crippen molar-refractivity contribution in [3.63, 3.8) is 0 Å². The normalized spacial score (nSPS) is 10.7. The molecule has 0 aliphatic carbocycles. The Labute approximate surface area is 135 Å². The molecular weight excluding hydrogens is 288 g/mol. The summed E-state index contributed by atoms with van der Waals surface area (Å²) in [4.78, 5) is 15.4. The summed E-state index contributed by atoms with van der Waals surface area (Å²) in [7, 11) is 0. The number of carboxylic acids is 1. The van der Waals surface area contributed by atoms with Gasteiger partial charge in [-0.25, -0.2) is 4.79 Å². The maximum atomic E-state index is 11.3. The van der Waals surface area contributed by atoms with E-state index in [1.54, 1.807) is 12.3 Å². The smallest absolute Gasteiger partial charge is 0.337 e. The first kappa shape index (κ1) is 15.0. The Kier molecular flexibility index (Phi) is 3.98. The molecule has 0 fully saturated rings. The van der Waals surface area contributed by atoms with Crippen LogP contribution in [0, 0.1) is 13.8 Å². The van der Waals surface area contributed by atoms with E-state index in [0.717, 1.165) is 28.1 Å². The van der Waals surface area contributed by atoms with Gasteiger partial charge in [-0.05, 0) is 48.7 Å². The van der Waals surface area contributed by atoms with Gasteiger partial charge in [-0.15, -0.1) is 0 Å². The first-order chi connectivity index (χ1) is 11.1. The average Bonchev–Trinajstić information content (AvgIpc) is 2.84. The molecule has 2 heterocycles. The van der Waals surface area contributed by atoms with Crippen LogP contribution in [-0.2, 0) is 6.54 Å². The van der Waals surface area contributed by atoms with Crippen molar-refractivity contribution in [2.75, 3.05) is 0 Å². The van der Waals surface area contributed by atoms with Gasteiger partial charge in [-0.1, -0.05) is 24.3 Å². The minimum atomic E-state index is -0.881. The molecule has 0 saturated heterocycles. The molecule has 0 spiro atoms. The lowest BCUT2D eigenvalue weighted by Gasteiger charge is -2.11. The van der Waals surface area contributed by atoms with E-state index in [0.29, 0.717) is 12.1 Å². The molecule has 1 N–H and O–H groups in total. The van der Waals surface area contributed by atoms with Crippen molar-refractivity contribution in [2.24, 2.45) is 0 Å². The zero-order chi connectivity index (χ0) is 16.4. The van der Waals surface area contributed by atoms with Gasteiger partial charge in [0.25, 0.3) is 0 Å². The van der Waals surface area contributed by atoms with Crippen LogP contribution in [0.1, 0.15) is 27.3 Å². The quantitative estimate of drug-likeness (QED) is 0.795. The third-order valence-corrected chi connectivity index (χ3v) is 4.07. The first-order valence-corrected chi connectivity index (χ1v) is 7.45. The van der Waals surface area contributed by atoms with E-state index in [2.05, 4.69) is 23.2 Å². The zero-order valence-electron chi connectivity index (χ0n) is 13.2. The molecule has 3 aromatic rings. The fourth-order valence-electron chi connectivity index (χ4n) is 2.83. The molecule has 116 valence electrons. The predicted octanol–water partition coefficient (Wildman–Crippen LogP) is 3.91. The Morgan fingerprint density at radius 1 is 1.13 bits per heavy atom. The SMILES string of the molecule is Cc1cc(C(=O)O)c(C)n1Cc1cccc(-c2cccnc2)c1. The molecule has 0 atom stereocenters. The zero-order valence-corrected chi connectivity index (χ0v) is 13.2. The average molecular weight is 306 g/mol. The Morgan fingerprint density at radius 3 is 2.57 bits per heavy atom. The second kappa shape index (κ2) is 6.08. The molecule has 0 amide bonds. The van der Waals surface area contributed by atoms with Crippen molar-refractivity contribution in [1.82, 2.24) is 9.55 Å². The lowest BCUT2D eigenvalue weighted by atomic mass is 10.0. The van der Waals surface area contributed by atoms with Crippen molar-refractivity contribution >= 4 is 5.97 Å². The number of rotatable bonds is 4. The molecule has 4 heteroatoms. The van der Waals surface area contributed by atoms with Crippen LogP contribution < -0.4 is 0 Å². The fourth-order valence-corrected chi connectivity index (χ4v) is 2.83. The lowest BCUT2D eigenvalue weighted by molar-refractivity contribution is 0.0696. The fraction of sp³-hybridized carbons (Fsp3) is 0.158. The van der Waals surface area contributed by atoms with Crippen LogP contribution >= 0.6 is 0 Å². The minimum Gasteiger partial charge on any atom is -0.478 e. The van der Waals surface area contributed by atoms with E-state index in [1.165, 1.54) is 0 Å². The molecule has 0 unspecified atom stereocenters. The molecule has 0 bridgehead atoms. The Hall–Kier alpha value is -2.88. The second-order valence-corrected chi connectivity index (χ2v) is 5.62. The molecule has 23 heavy (non-hydrogen) atoms. The summed E-state index contributed by atoms with van der Waals surface area (Å²) in [5.41, 5.74) is 5.41. The molecular formula is C19H18N2O2. The van der Waals surface area contributed by atoms with Crippen molar-refractivity contribution < 1.29 is 9.90 Å². The van der Waals surface area contributed by atoms with Crippen LogP contribution in [-0.4, -0.2) is 20.6 Å². The van der Waals surface area contributed by atoms with E-state index in [4.69, 9.17) is 0 Å². The number of benzene rings is 1. The van der Waals surface area contributed by atoms with Gasteiger partial charge in [0.2, 0.25) is 0 Å². The summed E-state index contributed by atoms with van der Waals surface area (Å²) in [6, 6.07) is 13.9. The summed E-state index contributed by atoms with van der Waals surface area (Å²) < 4.78 is 2.03. The summed E-state index contributed by atoms with van der Waals surface area (Å²) in [6.45, 7) is 4.44. The highest BCUT2D eigenvalue weighted by atomic mass is 16.4. The van der Waals surface area contributed by atoms with Gasteiger partial charge in [-0.3, -0.25) is 4.98 Å². The van der Waals surface area contributed by atoms with Crippen LogP contribution in [0.25, 0.3) is 11.1 Å². The van der Waals surface area contributed by atoms with E-state index in [-0.39, 0.29) is 0 Å². The Balaban J connectivity index is 1.94. The van der Waals surface area contributed by atoms with E-state index in [9.17, 15) is 9.90 Å². The molecule has 0 aliphatic rings. The van der Waals surface area contributed by atoms with Gasteiger partial charge in [-0.2, -0.15) is 0 Å². The maximum Gasteiger partial charge on any atom is 0.337 e. The van der Waals surface area contributed by atoms with Crippen LogP contribution in [0.15, 0.2) is 54.9 Å². The number of hydrogen-bond acceptors (Lipinski definition) is 2. The van der Waals surface area contributed by atoms with Crippen LogP contribution in [0.2, 0.25) is 0 Å². The first-order valence-electron chi connectivity index (χ1n) is 7.45. The molecule has 4 nitrogen and oxygen atoms in total. The number of pyridine rings is 1. The highest BCUT2D eigenvalue weighted by Gasteiger charge is 2.14. The standard InChI is InChI=1S/C19H18N2O2/c1-13-9-18(19(22)23)14(2)21(13)12-15-5-3-6-16(10-15)17-7-4-8-20-11-17/h3-11H,12H2,1-2H3,(H,22,23). The summed E-state index contributed by atoms with van der Waals surface area (Å²) >= 11 is 0. The van der Waals surface area contributed by atoms with Crippen LogP contribution in [0.3, 0.4) is 0 Å². The second-order valence-electron chi connectivity index (χ2n) is 5.62. The topological polar surface area (TPSA) is 55.1 Å². The van der Waals surface area contributed by atoms with Crippen molar-refractivity contribution in [2.45, 2.75) is 20.4 Å². The van der Waals surface area contributed by atoms with Gasteiger partial charge in [0.15, 0.2) is 0 Å². The number of carbonyl (C=O) groups is 1. The van der Waals surface area contributed by atoms with Crippen LogP contribution in [0.4, 0.5) is 0 Å². The third-order valence-electron chi connectivity index (χ3n) is 4.07. The van der Waals surface area contributed by atoms with Crippen LogP contribution in [0.5, 0.6) is 0 Å². The molecule has 0 radical (unpaired) electrons. The summed E-state index contributed by atoms with van der Waals surface area (Å²) in [6.07, 6.45) is 3.60. The number of aryl methyl sites for hydroxylation is 1. The number of aromatic carboxylic acids is 1. The van der Waals surface area contributed by atoms with Crippen molar-refractivity contribution in [3.8, 4) is 11.1 Å². The molecule has 1 aromatic carbocycles. The van der Waals surface area contributed by atoms with E-state index >= 15 is 0 Å². The Bertz CT molecular complexity index is 851. The van der Waals surface area contributed by atoms with Crippen molar-refractivity contribution in [3.05, 3.63) is 77.4 Å².